The van der Waals surface area contributed by atoms with Crippen molar-refractivity contribution in [1.29, 1.82) is 0 Å². The average Bonchev–Trinajstić information content (AvgIpc) is 3.19. The molecule has 0 radical (unpaired) electrons. The molecule has 1 N–H and O–H groups in total. The number of likely N-dealkylation sites (tertiary alicyclic amines) is 1. The molecule has 0 aliphatic carbocycles. The number of piperidine rings is 1. The predicted molar refractivity (Wildman–Crippen MR) is 118 cm³/mol. The van der Waals surface area contributed by atoms with Gasteiger partial charge in [-0.1, -0.05) is 12.1 Å². The molecule has 5 rings (SSSR count). The molecular weight excluding hydrogens is 422 g/mol. The number of rotatable bonds is 2. The van der Waals surface area contributed by atoms with E-state index in [0.717, 1.165) is 27.5 Å². The molecule has 1 aliphatic rings. The molecule has 4 heterocycles. The molecule has 0 atom stereocenters. The van der Waals surface area contributed by atoms with Gasteiger partial charge in [0.2, 0.25) is 0 Å². The van der Waals surface area contributed by atoms with Crippen LogP contribution >= 0.6 is 11.3 Å². The van der Waals surface area contributed by atoms with Gasteiger partial charge in [-0.25, -0.2) is 18.7 Å². The summed E-state index contributed by atoms with van der Waals surface area (Å²) < 4.78 is 25.7. The number of hydrogen-bond donors (Lipinski definition) is 1. The van der Waals surface area contributed by atoms with Crippen LogP contribution < -0.4 is 5.56 Å². The normalized spacial score (nSPS) is 16.1. The monoisotopic (exact) mass is 442 g/mol. The fraction of sp³-hybridized carbons (Fsp3) is 0.273. The van der Waals surface area contributed by atoms with E-state index in [0.29, 0.717) is 29.7 Å². The highest BCUT2D eigenvalue weighted by atomic mass is 32.1. The summed E-state index contributed by atoms with van der Waals surface area (Å²) in [5.41, 5.74) is 3.22. The molecule has 4 aromatic rings. The van der Waals surface area contributed by atoms with Crippen molar-refractivity contribution >= 4 is 38.7 Å². The number of H-pyrrole nitrogens is 1. The minimum atomic E-state index is -2.38. The lowest BCUT2D eigenvalue weighted by molar-refractivity contribution is -0.0504. The number of benzene rings is 1. The van der Waals surface area contributed by atoms with Crippen LogP contribution in [0.25, 0.3) is 32.2 Å². The molecule has 160 valence electrons. The smallest absolute Gasteiger partial charge is 0.277 e. The van der Waals surface area contributed by atoms with E-state index in [1.165, 1.54) is 6.33 Å². The van der Waals surface area contributed by atoms with E-state index in [-0.39, 0.29) is 18.4 Å². The molecule has 0 amide bonds. The second kappa shape index (κ2) is 8.60. The summed E-state index contributed by atoms with van der Waals surface area (Å²) in [5.74, 6) is -2.38. The van der Waals surface area contributed by atoms with Gasteiger partial charge in [0.15, 0.2) is 5.52 Å². The SMILES string of the molecule is CN1CCC(F)(F)CC1.O=Cc1ccc2c(-c3cnc4c(=O)[nH]cnc4c3)csc2c1. The summed E-state index contributed by atoms with van der Waals surface area (Å²) in [5, 5.41) is 3.08. The molecule has 0 unspecified atom stereocenters. The number of thiophene rings is 1. The van der Waals surface area contributed by atoms with Gasteiger partial charge < -0.3 is 9.88 Å². The van der Waals surface area contributed by atoms with Gasteiger partial charge in [0.25, 0.3) is 11.5 Å². The number of alkyl halides is 2. The standard InChI is InChI=1S/C16H9N3O2S.C6H11F2N/c20-6-9-1-2-11-12(7-22-14(11)3-9)10-4-13-15(17-5-10)16(21)19-8-18-13;1-9-4-2-6(7,8)3-5-9/h1-8H,(H,18,19,21);2-5H2,1H3. The third-order valence-electron chi connectivity index (χ3n) is 5.25. The lowest BCUT2D eigenvalue weighted by Crippen LogP contribution is -2.36. The summed E-state index contributed by atoms with van der Waals surface area (Å²) in [7, 11) is 1.87. The van der Waals surface area contributed by atoms with Crippen molar-refractivity contribution in [3.63, 3.8) is 0 Å². The zero-order valence-electron chi connectivity index (χ0n) is 16.8. The highest BCUT2D eigenvalue weighted by molar-refractivity contribution is 7.17. The highest BCUT2D eigenvalue weighted by Crippen LogP contribution is 2.34. The fourth-order valence-corrected chi connectivity index (χ4v) is 4.41. The van der Waals surface area contributed by atoms with E-state index in [1.54, 1.807) is 23.6 Å². The highest BCUT2D eigenvalue weighted by Gasteiger charge is 2.32. The molecule has 6 nitrogen and oxygen atoms in total. The molecular formula is C22H20F2N4O2S. The van der Waals surface area contributed by atoms with Crippen molar-refractivity contribution in [2.75, 3.05) is 20.1 Å². The molecule has 1 saturated heterocycles. The van der Waals surface area contributed by atoms with E-state index >= 15 is 0 Å². The van der Waals surface area contributed by atoms with Crippen molar-refractivity contribution in [2.45, 2.75) is 18.8 Å². The van der Waals surface area contributed by atoms with Gasteiger partial charge in [-0.05, 0) is 24.6 Å². The van der Waals surface area contributed by atoms with Gasteiger partial charge >= 0.3 is 0 Å². The molecule has 3 aromatic heterocycles. The van der Waals surface area contributed by atoms with Crippen LogP contribution in [0, 0.1) is 0 Å². The predicted octanol–water partition coefficient (Wildman–Crippen LogP) is 4.36. The lowest BCUT2D eigenvalue weighted by Gasteiger charge is -2.28. The lowest BCUT2D eigenvalue weighted by atomic mass is 10.1. The van der Waals surface area contributed by atoms with E-state index in [1.807, 2.05) is 35.5 Å². The molecule has 1 aromatic carbocycles. The van der Waals surface area contributed by atoms with Crippen molar-refractivity contribution in [3.05, 3.63) is 58.1 Å². The van der Waals surface area contributed by atoms with Gasteiger partial charge in [0.1, 0.15) is 6.29 Å². The molecule has 0 bridgehead atoms. The number of aromatic amines is 1. The van der Waals surface area contributed by atoms with Gasteiger partial charge in [0.05, 0.1) is 11.8 Å². The largest absolute Gasteiger partial charge is 0.311 e. The molecule has 9 heteroatoms. The molecule has 31 heavy (non-hydrogen) atoms. The van der Waals surface area contributed by atoms with Crippen LogP contribution in [-0.2, 0) is 0 Å². The number of fused-ring (bicyclic) bond motifs is 2. The number of carbonyl (C=O) groups is 1. The number of aldehydes is 1. The number of halogens is 2. The van der Waals surface area contributed by atoms with Crippen LogP contribution in [0.15, 0.2) is 47.0 Å². The first-order valence-corrected chi connectivity index (χ1v) is 10.6. The summed E-state index contributed by atoms with van der Waals surface area (Å²) in [6.07, 6.45) is 3.95. The van der Waals surface area contributed by atoms with E-state index in [2.05, 4.69) is 15.0 Å². The maximum Gasteiger partial charge on any atom is 0.277 e. The van der Waals surface area contributed by atoms with Gasteiger partial charge in [0, 0.05) is 58.9 Å². The summed E-state index contributed by atoms with van der Waals surface area (Å²) >= 11 is 1.57. The Morgan fingerprint density at radius 2 is 1.97 bits per heavy atom. The number of carbonyl (C=O) groups excluding carboxylic acids is 1. The summed E-state index contributed by atoms with van der Waals surface area (Å²) in [6.45, 7) is 1.07. The summed E-state index contributed by atoms with van der Waals surface area (Å²) in [4.78, 5) is 35.3. The van der Waals surface area contributed by atoms with Gasteiger partial charge in [-0.3, -0.25) is 9.59 Å². The number of nitrogens with zero attached hydrogens (tertiary/aromatic N) is 3. The average molecular weight is 442 g/mol. The zero-order valence-corrected chi connectivity index (χ0v) is 17.6. The molecule has 1 fully saturated rings. The van der Waals surface area contributed by atoms with E-state index in [4.69, 9.17) is 0 Å². The first kappa shape index (κ1) is 21.2. The van der Waals surface area contributed by atoms with Crippen molar-refractivity contribution < 1.29 is 13.6 Å². The second-order valence-electron chi connectivity index (χ2n) is 7.51. The van der Waals surface area contributed by atoms with Gasteiger partial charge in [-0.2, -0.15) is 0 Å². The number of hydrogen-bond acceptors (Lipinski definition) is 6. The van der Waals surface area contributed by atoms with Crippen LogP contribution in [0.4, 0.5) is 8.78 Å². The minimum absolute atomic E-state index is 0.0312. The first-order chi connectivity index (χ1) is 14.9. The molecule has 0 spiro atoms. The zero-order chi connectivity index (χ0) is 22.0. The van der Waals surface area contributed by atoms with Crippen LogP contribution in [-0.4, -0.2) is 52.2 Å². The Bertz CT molecular complexity index is 1290. The maximum atomic E-state index is 12.4. The van der Waals surface area contributed by atoms with Crippen LogP contribution in [0.2, 0.25) is 0 Å². The number of pyridine rings is 1. The Hall–Kier alpha value is -3.04. The maximum absolute atomic E-state index is 12.4. The van der Waals surface area contributed by atoms with Crippen LogP contribution in [0.3, 0.4) is 0 Å². The second-order valence-corrected chi connectivity index (χ2v) is 8.42. The van der Waals surface area contributed by atoms with Crippen molar-refractivity contribution in [3.8, 4) is 11.1 Å². The first-order valence-electron chi connectivity index (χ1n) is 9.73. The third kappa shape index (κ3) is 4.67. The van der Waals surface area contributed by atoms with E-state index in [9.17, 15) is 18.4 Å². The topological polar surface area (TPSA) is 79.0 Å². The summed E-state index contributed by atoms with van der Waals surface area (Å²) in [6, 6.07) is 7.45. The third-order valence-corrected chi connectivity index (χ3v) is 6.19. The van der Waals surface area contributed by atoms with Crippen LogP contribution in [0.5, 0.6) is 0 Å². The number of aromatic nitrogens is 3. The molecule has 1 aliphatic heterocycles. The van der Waals surface area contributed by atoms with Gasteiger partial charge in [-0.15, -0.1) is 11.3 Å². The van der Waals surface area contributed by atoms with Crippen molar-refractivity contribution in [1.82, 2.24) is 19.9 Å². The Labute approximate surface area is 180 Å². The van der Waals surface area contributed by atoms with E-state index < -0.39 is 5.92 Å². The Morgan fingerprint density at radius 1 is 1.19 bits per heavy atom. The Kier molecular flexibility index (Phi) is 5.88. The Morgan fingerprint density at radius 3 is 2.68 bits per heavy atom. The quantitative estimate of drug-likeness (QED) is 0.467. The fourth-order valence-electron chi connectivity index (χ4n) is 3.39. The van der Waals surface area contributed by atoms with Crippen molar-refractivity contribution in [2.24, 2.45) is 0 Å². The Balaban J connectivity index is 0.000000217. The van der Waals surface area contributed by atoms with Crippen LogP contribution in [0.1, 0.15) is 23.2 Å². The minimum Gasteiger partial charge on any atom is -0.311 e. The molecule has 0 saturated carbocycles. The number of nitrogens with one attached hydrogen (secondary N) is 1.